The predicted molar refractivity (Wildman–Crippen MR) is 66.2 cm³/mol. The highest BCUT2D eigenvalue weighted by atomic mass is 19.4. The van der Waals surface area contributed by atoms with Crippen molar-refractivity contribution in [1.82, 2.24) is 5.32 Å². The molecule has 0 aliphatic rings. The molecule has 0 fully saturated rings. The minimum Gasteiger partial charge on any atom is -0.368 e. The fraction of sp³-hybridized carbons (Fsp3) is 0.462. The molecule has 0 aliphatic heterocycles. The minimum atomic E-state index is -4.82. The van der Waals surface area contributed by atoms with Crippen molar-refractivity contribution in [2.24, 2.45) is 11.7 Å². The Bertz CT molecular complexity index is 486. The molecule has 0 saturated heterocycles. The van der Waals surface area contributed by atoms with Crippen LogP contribution in [-0.2, 0) is 11.0 Å². The summed E-state index contributed by atoms with van der Waals surface area (Å²) in [5, 5.41) is 2.77. The molecule has 1 aromatic rings. The van der Waals surface area contributed by atoms with Gasteiger partial charge in [0, 0.05) is 0 Å². The molecule has 0 bridgehead atoms. The van der Waals surface area contributed by atoms with Crippen LogP contribution in [0.1, 0.15) is 31.0 Å². The fourth-order valence-electron chi connectivity index (χ4n) is 1.68. The number of benzene rings is 1. The molecule has 0 aromatic heterocycles. The van der Waals surface area contributed by atoms with Crippen molar-refractivity contribution >= 4 is 5.91 Å². The molecule has 1 aromatic carbocycles. The van der Waals surface area contributed by atoms with E-state index in [2.05, 4.69) is 5.32 Å². The fourth-order valence-corrected chi connectivity index (χ4v) is 1.68. The summed E-state index contributed by atoms with van der Waals surface area (Å²) in [6, 6.07) is 1.33. The molecule has 3 N–H and O–H groups in total. The van der Waals surface area contributed by atoms with E-state index in [1.807, 2.05) is 13.8 Å². The number of primary amides is 1. The van der Waals surface area contributed by atoms with Gasteiger partial charge in [0.15, 0.2) is 0 Å². The standard InChI is InChI=1S/C13H16F4N2O/c1-7(2)6-19-11(12(18)20)8-3-4-10(14)9(5-8)13(15,16)17/h3-5,7,11,19H,6H2,1-2H3,(H2,18,20). The summed E-state index contributed by atoms with van der Waals surface area (Å²) >= 11 is 0. The zero-order valence-corrected chi connectivity index (χ0v) is 11.1. The lowest BCUT2D eigenvalue weighted by Crippen LogP contribution is -2.35. The molecule has 112 valence electrons. The molecule has 1 unspecified atom stereocenters. The molecule has 1 rings (SSSR count). The predicted octanol–water partition coefficient (Wildman–Crippen LogP) is 2.62. The van der Waals surface area contributed by atoms with Crippen molar-refractivity contribution in [2.45, 2.75) is 26.1 Å². The van der Waals surface area contributed by atoms with E-state index in [0.717, 1.165) is 6.07 Å². The summed E-state index contributed by atoms with van der Waals surface area (Å²) in [5.41, 5.74) is 3.76. The van der Waals surface area contributed by atoms with E-state index in [0.29, 0.717) is 18.7 Å². The molecule has 7 heteroatoms. The molecule has 0 heterocycles. The maximum Gasteiger partial charge on any atom is 0.419 e. The number of carbonyl (C=O) groups excluding carboxylic acids is 1. The summed E-state index contributed by atoms with van der Waals surface area (Å²) in [6.07, 6.45) is -4.82. The van der Waals surface area contributed by atoms with Crippen LogP contribution < -0.4 is 11.1 Å². The number of alkyl halides is 3. The first-order valence-corrected chi connectivity index (χ1v) is 6.02. The van der Waals surface area contributed by atoms with Crippen LogP contribution in [0.3, 0.4) is 0 Å². The van der Waals surface area contributed by atoms with Crippen molar-refractivity contribution in [3.8, 4) is 0 Å². The van der Waals surface area contributed by atoms with Gasteiger partial charge >= 0.3 is 6.18 Å². The molecular formula is C13H16F4N2O. The first-order valence-electron chi connectivity index (χ1n) is 6.02. The van der Waals surface area contributed by atoms with Crippen LogP contribution in [0.15, 0.2) is 18.2 Å². The Morgan fingerprint density at radius 3 is 2.40 bits per heavy atom. The van der Waals surface area contributed by atoms with E-state index >= 15 is 0 Å². The highest BCUT2D eigenvalue weighted by molar-refractivity contribution is 5.81. The number of amides is 1. The van der Waals surface area contributed by atoms with E-state index < -0.39 is 29.5 Å². The molecule has 1 atom stereocenters. The second kappa shape index (κ2) is 6.21. The van der Waals surface area contributed by atoms with Gasteiger partial charge in [-0.3, -0.25) is 4.79 Å². The van der Waals surface area contributed by atoms with Crippen LogP contribution in [0.25, 0.3) is 0 Å². The minimum absolute atomic E-state index is 0.00752. The lowest BCUT2D eigenvalue weighted by atomic mass is 10.0. The molecular weight excluding hydrogens is 276 g/mol. The molecule has 20 heavy (non-hydrogen) atoms. The van der Waals surface area contributed by atoms with E-state index in [9.17, 15) is 22.4 Å². The van der Waals surface area contributed by atoms with Gasteiger partial charge in [0.05, 0.1) is 5.56 Å². The van der Waals surface area contributed by atoms with Crippen LogP contribution in [0.4, 0.5) is 17.6 Å². The Morgan fingerprint density at radius 1 is 1.35 bits per heavy atom. The number of hydrogen-bond acceptors (Lipinski definition) is 2. The van der Waals surface area contributed by atoms with Crippen molar-refractivity contribution in [3.05, 3.63) is 35.1 Å². The Morgan fingerprint density at radius 2 is 1.95 bits per heavy atom. The van der Waals surface area contributed by atoms with E-state index in [1.165, 1.54) is 0 Å². The topological polar surface area (TPSA) is 55.1 Å². The molecule has 0 aliphatic carbocycles. The summed E-state index contributed by atoms with van der Waals surface area (Å²) in [6.45, 7) is 4.14. The van der Waals surface area contributed by atoms with Gasteiger partial charge in [0.2, 0.25) is 5.91 Å². The number of nitrogens with one attached hydrogen (secondary N) is 1. The highest BCUT2D eigenvalue weighted by Crippen LogP contribution is 2.33. The van der Waals surface area contributed by atoms with Crippen molar-refractivity contribution < 1.29 is 22.4 Å². The van der Waals surface area contributed by atoms with E-state index in [1.54, 1.807) is 0 Å². The number of carbonyl (C=O) groups is 1. The number of hydrogen-bond donors (Lipinski definition) is 2. The zero-order chi connectivity index (χ0) is 15.5. The van der Waals surface area contributed by atoms with Crippen LogP contribution in [-0.4, -0.2) is 12.5 Å². The lowest BCUT2D eigenvalue weighted by molar-refractivity contribution is -0.140. The van der Waals surface area contributed by atoms with Gasteiger partial charge in [-0.15, -0.1) is 0 Å². The average Bonchev–Trinajstić information content (AvgIpc) is 2.28. The maximum absolute atomic E-state index is 13.2. The summed E-state index contributed by atoms with van der Waals surface area (Å²) in [5.74, 6) is -2.02. The second-order valence-electron chi connectivity index (χ2n) is 4.87. The van der Waals surface area contributed by atoms with Crippen molar-refractivity contribution in [3.63, 3.8) is 0 Å². The first-order chi connectivity index (χ1) is 9.12. The SMILES string of the molecule is CC(C)CNC(C(N)=O)c1ccc(F)c(C(F)(F)F)c1. The van der Waals surface area contributed by atoms with Crippen LogP contribution in [0, 0.1) is 11.7 Å². The Hall–Kier alpha value is -1.63. The highest BCUT2D eigenvalue weighted by Gasteiger charge is 2.35. The third-order valence-corrected chi connectivity index (χ3v) is 2.64. The van der Waals surface area contributed by atoms with Crippen molar-refractivity contribution in [2.75, 3.05) is 6.54 Å². The summed E-state index contributed by atoms with van der Waals surface area (Å²) in [4.78, 5) is 11.3. The Labute approximate surface area is 114 Å². The zero-order valence-electron chi connectivity index (χ0n) is 11.1. The van der Waals surface area contributed by atoms with E-state index in [-0.39, 0.29) is 11.5 Å². The van der Waals surface area contributed by atoms with Gasteiger partial charge in [-0.1, -0.05) is 19.9 Å². The summed E-state index contributed by atoms with van der Waals surface area (Å²) < 4.78 is 51.1. The first kappa shape index (κ1) is 16.4. The van der Waals surface area contributed by atoms with Gasteiger partial charge in [0.1, 0.15) is 11.9 Å². The van der Waals surface area contributed by atoms with Gasteiger partial charge < -0.3 is 11.1 Å². The van der Waals surface area contributed by atoms with Gasteiger partial charge in [-0.25, -0.2) is 4.39 Å². The Balaban J connectivity index is 3.12. The normalized spacial score (nSPS) is 13.6. The van der Waals surface area contributed by atoms with Gasteiger partial charge in [-0.05, 0) is 30.2 Å². The van der Waals surface area contributed by atoms with Crippen molar-refractivity contribution in [1.29, 1.82) is 0 Å². The summed E-state index contributed by atoms with van der Waals surface area (Å²) in [7, 11) is 0. The third-order valence-electron chi connectivity index (χ3n) is 2.64. The number of halogens is 4. The third kappa shape index (κ3) is 4.19. The van der Waals surface area contributed by atoms with Crippen LogP contribution in [0.2, 0.25) is 0 Å². The second-order valence-corrected chi connectivity index (χ2v) is 4.87. The van der Waals surface area contributed by atoms with Gasteiger partial charge in [0.25, 0.3) is 0 Å². The molecule has 0 spiro atoms. The molecule has 0 radical (unpaired) electrons. The largest absolute Gasteiger partial charge is 0.419 e. The number of nitrogens with two attached hydrogens (primary N) is 1. The monoisotopic (exact) mass is 292 g/mol. The van der Waals surface area contributed by atoms with Gasteiger partial charge in [-0.2, -0.15) is 13.2 Å². The molecule has 3 nitrogen and oxygen atoms in total. The smallest absolute Gasteiger partial charge is 0.368 e. The quantitative estimate of drug-likeness (QED) is 0.820. The average molecular weight is 292 g/mol. The van der Waals surface area contributed by atoms with Crippen LogP contribution >= 0.6 is 0 Å². The maximum atomic E-state index is 13.2. The number of rotatable bonds is 5. The molecule has 0 saturated carbocycles. The lowest BCUT2D eigenvalue weighted by Gasteiger charge is -2.19. The van der Waals surface area contributed by atoms with E-state index in [4.69, 9.17) is 5.73 Å². The Kier molecular flexibility index (Phi) is 5.10. The van der Waals surface area contributed by atoms with Crippen LogP contribution in [0.5, 0.6) is 0 Å². The molecule has 1 amide bonds.